The summed E-state index contributed by atoms with van der Waals surface area (Å²) in [6.45, 7) is 1.31. The van der Waals surface area contributed by atoms with E-state index in [1.807, 2.05) is 36.3 Å². The highest BCUT2D eigenvalue weighted by molar-refractivity contribution is 5.86. The molecule has 7 nitrogen and oxygen atoms in total. The SMILES string of the molecule is Cn1cc2c(n1)[C@@H](C(=O)NCc1ccccn1)CN(C(=O)C1CCCCC1)C2. The summed E-state index contributed by atoms with van der Waals surface area (Å²) < 4.78 is 1.73. The first-order valence-electron chi connectivity index (χ1n) is 10.1. The normalized spacial score (nSPS) is 19.9. The monoisotopic (exact) mass is 381 g/mol. The molecule has 2 aromatic rings. The Balaban J connectivity index is 1.50. The van der Waals surface area contributed by atoms with Crippen molar-refractivity contribution in [1.29, 1.82) is 0 Å². The Kier molecular flexibility index (Phi) is 5.41. The largest absolute Gasteiger partial charge is 0.350 e. The molecule has 4 rings (SSSR count). The number of nitrogens with one attached hydrogen (secondary N) is 1. The van der Waals surface area contributed by atoms with E-state index in [2.05, 4.69) is 15.4 Å². The van der Waals surface area contributed by atoms with E-state index in [0.717, 1.165) is 42.6 Å². The number of amides is 2. The third-order valence-corrected chi connectivity index (χ3v) is 5.78. The summed E-state index contributed by atoms with van der Waals surface area (Å²) >= 11 is 0. The molecule has 1 aliphatic heterocycles. The standard InChI is InChI=1S/C21H27N5O2/c1-25-12-16-13-26(21(28)15-7-3-2-4-8-15)14-18(19(16)24-25)20(27)23-11-17-9-5-6-10-22-17/h5-6,9-10,12,15,18H,2-4,7-8,11,13-14H2,1H3,(H,23,27)/t18-/m0/s1. The van der Waals surface area contributed by atoms with Crippen LogP contribution in [-0.2, 0) is 29.7 Å². The van der Waals surface area contributed by atoms with E-state index in [1.165, 1.54) is 6.42 Å². The van der Waals surface area contributed by atoms with E-state index in [1.54, 1.807) is 10.9 Å². The fourth-order valence-corrected chi connectivity index (χ4v) is 4.33. The van der Waals surface area contributed by atoms with Gasteiger partial charge >= 0.3 is 0 Å². The molecular weight excluding hydrogens is 354 g/mol. The molecule has 0 radical (unpaired) electrons. The molecule has 2 aliphatic rings. The third-order valence-electron chi connectivity index (χ3n) is 5.78. The minimum atomic E-state index is -0.443. The van der Waals surface area contributed by atoms with E-state index >= 15 is 0 Å². The molecule has 1 fully saturated rings. The predicted octanol–water partition coefficient (Wildman–Crippen LogP) is 2.14. The Bertz CT molecular complexity index is 842. The minimum Gasteiger partial charge on any atom is -0.350 e. The van der Waals surface area contributed by atoms with Crippen LogP contribution < -0.4 is 5.32 Å². The molecule has 0 aromatic carbocycles. The lowest BCUT2D eigenvalue weighted by atomic mass is 9.87. The molecule has 0 saturated heterocycles. The van der Waals surface area contributed by atoms with E-state index in [0.29, 0.717) is 19.6 Å². The number of carbonyl (C=O) groups is 2. The first-order chi connectivity index (χ1) is 13.6. The van der Waals surface area contributed by atoms with Crippen LogP contribution in [0.3, 0.4) is 0 Å². The molecule has 1 saturated carbocycles. The zero-order chi connectivity index (χ0) is 19.5. The summed E-state index contributed by atoms with van der Waals surface area (Å²) in [5.74, 6) is -0.256. The number of hydrogen-bond acceptors (Lipinski definition) is 4. The molecule has 0 unspecified atom stereocenters. The third kappa shape index (κ3) is 3.93. The van der Waals surface area contributed by atoms with Crippen LogP contribution in [0.4, 0.5) is 0 Å². The Morgan fingerprint density at radius 2 is 2.04 bits per heavy atom. The highest BCUT2D eigenvalue weighted by Crippen LogP contribution is 2.31. The topological polar surface area (TPSA) is 80.1 Å². The van der Waals surface area contributed by atoms with Crippen LogP contribution in [0.25, 0.3) is 0 Å². The summed E-state index contributed by atoms with van der Waals surface area (Å²) in [5, 5.41) is 7.49. The van der Waals surface area contributed by atoms with Crippen molar-refractivity contribution in [2.45, 2.75) is 51.1 Å². The molecule has 0 bridgehead atoms. The van der Waals surface area contributed by atoms with Crippen LogP contribution in [0.15, 0.2) is 30.6 Å². The van der Waals surface area contributed by atoms with Gasteiger partial charge < -0.3 is 10.2 Å². The molecule has 148 valence electrons. The fraction of sp³-hybridized carbons (Fsp3) is 0.524. The van der Waals surface area contributed by atoms with Crippen molar-refractivity contribution in [3.63, 3.8) is 0 Å². The maximum atomic E-state index is 13.1. The van der Waals surface area contributed by atoms with Gasteiger partial charge in [-0.3, -0.25) is 19.3 Å². The van der Waals surface area contributed by atoms with Gasteiger partial charge in [0.15, 0.2) is 0 Å². The van der Waals surface area contributed by atoms with E-state index in [-0.39, 0.29) is 17.7 Å². The van der Waals surface area contributed by atoms with Gasteiger partial charge in [-0.15, -0.1) is 0 Å². The highest BCUT2D eigenvalue weighted by atomic mass is 16.2. The number of aromatic nitrogens is 3. The van der Waals surface area contributed by atoms with E-state index in [4.69, 9.17) is 0 Å². The minimum absolute atomic E-state index is 0.101. The van der Waals surface area contributed by atoms with Crippen molar-refractivity contribution in [2.75, 3.05) is 6.54 Å². The van der Waals surface area contributed by atoms with Crippen molar-refractivity contribution < 1.29 is 9.59 Å². The zero-order valence-electron chi connectivity index (χ0n) is 16.3. The molecule has 1 aliphatic carbocycles. The van der Waals surface area contributed by atoms with Crippen LogP contribution in [0.1, 0.15) is 55.0 Å². The number of pyridine rings is 1. The first kappa shape index (κ1) is 18.7. The average Bonchev–Trinajstić information content (AvgIpc) is 3.12. The molecule has 1 N–H and O–H groups in total. The fourth-order valence-electron chi connectivity index (χ4n) is 4.33. The molecule has 7 heteroatoms. The summed E-state index contributed by atoms with van der Waals surface area (Å²) in [4.78, 5) is 32.2. The van der Waals surface area contributed by atoms with Gasteiger partial charge in [0.05, 0.1) is 23.9 Å². The van der Waals surface area contributed by atoms with Crippen molar-refractivity contribution in [1.82, 2.24) is 25.0 Å². The van der Waals surface area contributed by atoms with Crippen LogP contribution in [0, 0.1) is 5.92 Å². The van der Waals surface area contributed by atoms with Crippen molar-refractivity contribution in [2.24, 2.45) is 13.0 Å². The number of carbonyl (C=O) groups excluding carboxylic acids is 2. The molecule has 2 amide bonds. The second-order valence-electron chi connectivity index (χ2n) is 7.86. The molecule has 1 atom stereocenters. The maximum absolute atomic E-state index is 13.1. The van der Waals surface area contributed by atoms with Gasteiger partial charge in [0, 0.05) is 44.0 Å². The lowest BCUT2D eigenvalue weighted by molar-refractivity contribution is -0.138. The van der Waals surface area contributed by atoms with Crippen molar-refractivity contribution in [3.8, 4) is 0 Å². The lowest BCUT2D eigenvalue weighted by Crippen LogP contribution is -2.45. The number of hydrogen-bond donors (Lipinski definition) is 1. The number of nitrogens with zero attached hydrogens (tertiary/aromatic N) is 4. The molecule has 28 heavy (non-hydrogen) atoms. The average molecular weight is 381 g/mol. The maximum Gasteiger partial charge on any atom is 0.231 e. The van der Waals surface area contributed by atoms with Crippen molar-refractivity contribution >= 4 is 11.8 Å². The van der Waals surface area contributed by atoms with Gasteiger partial charge in [0.1, 0.15) is 0 Å². The Labute approximate surface area is 165 Å². The number of aryl methyl sites for hydroxylation is 1. The Morgan fingerprint density at radius 3 is 2.79 bits per heavy atom. The van der Waals surface area contributed by atoms with Gasteiger partial charge in [0.2, 0.25) is 11.8 Å². The van der Waals surface area contributed by atoms with Gasteiger partial charge in [-0.25, -0.2) is 0 Å². The van der Waals surface area contributed by atoms with Gasteiger partial charge in [-0.05, 0) is 25.0 Å². The van der Waals surface area contributed by atoms with Crippen molar-refractivity contribution in [3.05, 3.63) is 47.5 Å². The molecule has 3 heterocycles. The predicted molar refractivity (Wildman–Crippen MR) is 104 cm³/mol. The summed E-state index contributed by atoms with van der Waals surface area (Å²) in [6.07, 6.45) is 9.03. The smallest absolute Gasteiger partial charge is 0.231 e. The highest BCUT2D eigenvalue weighted by Gasteiger charge is 2.37. The lowest BCUT2D eigenvalue weighted by Gasteiger charge is -2.34. The second kappa shape index (κ2) is 8.12. The number of rotatable bonds is 4. The first-order valence-corrected chi connectivity index (χ1v) is 10.1. The second-order valence-corrected chi connectivity index (χ2v) is 7.86. The summed E-state index contributed by atoms with van der Waals surface area (Å²) in [5.41, 5.74) is 2.56. The van der Waals surface area contributed by atoms with Crippen LogP contribution in [0.2, 0.25) is 0 Å². The zero-order valence-corrected chi connectivity index (χ0v) is 16.3. The van der Waals surface area contributed by atoms with Gasteiger partial charge in [-0.1, -0.05) is 25.3 Å². The molecule has 2 aromatic heterocycles. The summed E-state index contributed by atoms with van der Waals surface area (Å²) in [7, 11) is 1.86. The van der Waals surface area contributed by atoms with Crippen LogP contribution in [-0.4, -0.2) is 38.0 Å². The van der Waals surface area contributed by atoms with Gasteiger partial charge in [0.25, 0.3) is 0 Å². The Hall–Kier alpha value is -2.70. The quantitative estimate of drug-likeness (QED) is 0.880. The molecule has 0 spiro atoms. The van der Waals surface area contributed by atoms with Crippen LogP contribution >= 0.6 is 0 Å². The Morgan fingerprint density at radius 1 is 1.21 bits per heavy atom. The van der Waals surface area contributed by atoms with E-state index < -0.39 is 5.92 Å². The van der Waals surface area contributed by atoms with Gasteiger partial charge in [-0.2, -0.15) is 5.10 Å². The summed E-state index contributed by atoms with van der Waals surface area (Å²) in [6, 6.07) is 5.63. The number of fused-ring (bicyclic) bond motifs is 1. The van der Waals surface area contributed by atoms with Crippen LogP contribution in [0.5, 0.6) is 0 Å². The molecular formula is C21H27N5O2. The van der Waals surface area contributed by atoms with E-state index in [9.17, 15) is 9.59 Å².